The molecule has 108 valence electrons. The molecule has 0 saturated carbocycles. The molecule has 1 aliphatic heterocycles. The molecule has 2 rings (SSSR count). The van der Waals surface area contributed by atoms with E-state index in [4.69, 9.17) is 5.11 Å². The van der Waals surface area contributed by atoms with Gasteiger partial charge in [0.25, 0.3) is 0 Å². The lowest BCUT2D eigenvalue weighted by atomic mass is 10.0. The fraction of sp³-hybridized carbons (Fsp3) is 0.467. The predicted molar refractivity (Wildman–Crippen MR) is 81.3 cm³/mol. The largest absolute Gasteiger partial charge is 0.480 e. The number of amides is 1. The summed E-state index contributed by atoms with van der Waals surface area (Å²) in [5, 5.41) is 9.07. The molecule has 1 aromatic rings. The van der Waals surface area contributed by atoms with Crippen LogP contribution in [0.1, 0.15) is 25.3 Å². The van der Waals surface area contributed by atoms with Crippen molar-refractivity contribution in [2.45, 2.75) is 31.4 Å². The third kappa shape index (κ3) is 3.15. The van der Waals surface area contributed by atoms with Gasteiger partial charge in [0.05, 0.1) is 4.75 Å². The number of nitrogens with zero attached hydrogens (tertiary/aromatic N) is 1. The van der Waals surface area contributed by atoms with Gasteiger partial charge in [0.1, 0.15) is 6.54 Å². The van der Waals surface area contributed by atoms with Crippen molar-refractivity contribution in [2.75, 3.05) is 17.2 Å². The van der Waals surface area contributed by atoms with Gasteiger partial charge in [-0.2, -0.15) is 0 Å². The highest BCUT2D eigenvalue weighted by molar-refractivity contribution is 8.01. The van der Waals surface area contributed by atoms with E-state index in [9.17, 15) is 9.59 Å². The average Bonchev–Trinajstić information content (AvgIpc) is 2.84. The number of thioether (sulfide) groups is 1. The smallest absolute Gasteiger partial charge is 0.323 e. The molecule has 0 spiro atoms. The molecule has 1 atom stereocenters. The SMILES string of the molecule is Cc1ccc(N(CC(=O)O)C(=O)C2(C)CCCS2)cc1. The maximum Gasteiger partial charge on any atom is 0.323 e. The zero-order chi connectivity index (χ0) is 14.8. The third-order valence-corrected chi connectivity index (χ3v) is 5.06. The van der Waals surface area contributed by atoms with Crippen molar-refractivity contribution >= 4 is 29.3 Å². The summed E-state index contributed by atoms with van der Waals surface area (Å²) in [6.45, 7) is 3.58. The Kier molecular flexibility index (Phi) is 4.38. The maximum absolute atomic E-state index is 12.7. The second-order valence-corrected chi connectivity index (χ2v) is 6.90. The number of aliphatic carboxylic acids is 1. The van der Waals surface area contributed by atoms with Crippen molar-refractivity contribution in [3.05, 3.63) is 29.8 Å². The average molecular weight is 293 g/mol. The Morgan fingerprint density at radius 3 is 2.50 bits per heavy atom. The predicted octanol–water partition coefficient (Wildman–Crippen LogP) is 2.70. The van der Waals surface area contributed by atoms with Gasteiger partial charge in [0, 0.05) is 5.69 Å². The van der Waals surface area contributed by atoms with Crippen LogP contribution in [0.15, 0.2) is 24.3 Å². The molecule has 0 radical (unpaired) electrons. The Bertz CT molecular complexity index is 506. The normalized spacial score (nSPS) is 21.7. The van der Waals surface area contributed by atoms with Crippen LogP contribution < -0.4 is 4.90 Å². The number of hydrogen-bond donors (Lipinski definition) is 1. The van der Waals surface area contributed by atoms with Crippen molar-refractivity contribution < 1.29 is 14.7 Å². The van der Waals surface area contributed by atoms with Crippen LogP contribution in [-0.2, 0) is 9.59 Å². The minimum atomic E-state index is -0.995. The van der Waals surface area contributed by atoms with Crippen LogP contribution in [0, 0.1) is 6.92 Å². The molecule has 1 amide bonds. The van der Waals surface area contributed by atoms with Gasteiger partial charge in [-0.1, -0.05) is 17.7 Å². The molecule has 20 heavy (non-hydrogen) atoms. The lowest BCUT2D eigenvalue weighted by Gasteiger charge is -2.30. The molecule has 1 N–H and O–H groups in total. The lowest BCUT2D eigenvalue weighted by Crippen LogP contribution is -2.46. The maximum atomic E-state index is 12.7. The van der Waals surface area contributed by atoms with E-state index in [1.165, 1.54) is 4.90 Å². The van der Waals surface area contributed by atoms with E-state index >= 15 is 0 Å². The topological polar surface area (TPSA) is 57.6 Å². The van der Waals surface area contributed by atoms with Crippen molar-refractivity contribution in [1.82, 2.24) is 0 Å². The lowest BCUT2D eigenvalue weighted by molar-refractivity contribution is -0.136. The third-order valence-electron chi connectivity index (χ3n) is 3.56. The molecule has 0 aliphatic carbocycles. The first kappa shape index (κ1) is 14.9. The molecule has 1 unspecified atom stereocenters. The molecule has 0 aromatic heterocycles. The van der Waals surface area contributed by atoms with Gasteiger partial charge < -0.3 is 10.0 Å². The Labute approximate surface area is 123 Å². The molecule has 1 heterocycles. The molecule has 1 saturated heterocycles. The van der Waals surface area contributed by atoms with E-state index in [1.807, 2.05) is 26.0 Å². The fourth-order valence-electron chi connectivity index (χ4n) is 2.37. The fourth-order valence-corrected chi connectivity index (χ4v) is 3.64. The highest BCUT2D eigenvalue weighted by Gasteiger charge is 2.41. The summed E-state index contributed by atoms with van der Waals surface area (Å²) in [5.74, 6) is -0.145. The summed E-state index contributed by atoms with van der Waals surface area (Å²) in [4.78, 5) is 25.2. The van der Waals surface area contributed by atoms with Crippen molar-refractivity contribution in [3.63, 3.8) is 0 Å². The summed E-state index contributed by atoms with van der Waals surface area (Å²) in [7, 11) is 0. The molecule has 1 aliphatic rings. The number of carboxylic acids is 1. The van der Waals surface area contributed by atoms with E-state index in [-0.39, 0.29) is 12.5 Å². The van der Waals surface area contributed by atoms with Crippen LogP contribution in [0.3, 0.4) is 0 Å². The van der Waals surface area contributed by atoms with E-state index < -0.39 is 10.7 Å². The van der Waals surface area contributed by atoms with Gasteiger partial charge in [-0.15, -0.1) is 11.8 Å². The van der Waals surface area contributed by atoms with Crippen LogP contribution in [-0.4, -0.2) is 34.0 Å². The molecular formula is C15H19NO3S. The van der Waals surface area contributed by atoms with Crippen LogP contribution >= 0.6 is 11.8 Å². The molecule has 1 fully saturated rings. The van der Waals surface area contributed by atoms with Gasteiger partial charge >= 0.3 is 5.97 Å². The quantitative estimate of drug-likeness (QED) is 0.927. The van der Waals surface area contributed by atoms with Gasteiger partial charge in [-0.25, -0.2) is 0 Å². The Balaban J connectivity index is 2.29. The number of anilines is 1. The van der Waals surface area contributed by atoms with E-state index in [0.29, 0.717) is 5.69 Å². The molecular weight excluding hydrogens is 274 g/mol. The summed E-state index contributed by atoms with van der Waals surface area (Å²) in [6.07, 6.45) is 1.81. The highest BCUT2D eigenvalue weighted by Crippen LogP contribution is 2.40. The number of benzene rings is 1. The first-order chi connectivity index (χ1) is 9.42. The van der Waals surface area contributed by atoms with E-state index in [2.05, 4.69) is 0 Å². The van der Waals surface area contributed by atoms with E-state index in [1.54, 1.807) is 23.9 Å². The number of carbonyl (C=O) groups excluding carboxylic acids is 1. The van der Waals surface area contributed by atoms with Crippen LogP contribution in [0.4, 0.5) is 5.69 Å². The Morgan fingerprint density at radius 2 is 2.00 bits per heavy atom. The van der Waals surface area contributed by atoms with Crippen LogP contribution in [0.5, 0.6) is 0 Å². The minimum Gasteiger partial charge on any atom is -0.480 e. The number of carbonyl (C=O) groups is 2. The standard InChI is InChI=1S/C15H19NO3S/c1-11-4-6-12(7-5-11)16(10-13(17)18)14(19)15(2)8-3-9-20-15/h4-7H,3,8-10H2,1-2H3,(H,17,18). The molecule has 1 aromatic carbocycles. The zero-order valence-electron chi connectivity index (χ0n) is 11.8. The summed E-state index contributed by atoms with van der Waals surface area (Å²) >= 11 is 1.62. The van der Waals surface area contributed by atoms with Crippen molar-refractivity contribution in [3.8, 4) is 0 Å². The van der Waals surface area contributed by atoms with Gasteiger partial charge in [0.15, 0.2) is 0 Å². The molecule has 4 nitrogen and oxygen atoms in total. The van der Waals surface area contributed by atoms with Gasteiger partial charge in [0.2, 0.25) is 5.91 Å². The summed E-state index contributed by atoms with van der Waals surface area (Å²) < 4.78 is -0.500. The first-order valence-electron chi connectivity index (χ1n) is 6.67. The monoisotopic (exact) mass is 293 g/mol. The van der Waals surface area contributed by atoms with E-state index in [0.717, 1.165) is 24.2 Å². The highest BCUT2D eigenvalue weighted by atomic mass is 32.2. The van der Waals surface area contributed by atoms with Crippen molar-refractivity contribution in [2.24, 2.45) is 0 Å². The van der Waals surface area contributed by atoms with Gasteiger partial charge in [-0.3, -0.25) is 9.59 Å². The Morgan fingerprint density at radius 1 is 1.35 bits per heavy atom. The van der Waals surface area contributed by atoms with Gasteiger partial charge in [-0.05, 0) is 44.6 Å². The molecule has 0 bridgehead atoms. The summed E-state index contributed by atoms with van der Waals surface area (Å²) in [5.41, 5.74) is 1.73. The number of rotatable bonds is 4. The second kappa shape index (κ2) is 5.87. The van der Waals surface area contributed by atoms with Crippen LogP contribution in [0.2, 0.25) is 0 Å². The number of hydrogen-bond acceptors (Lipinski definition) is 3. The number of aryl methyl sites for hydroxylation is 1. The zero-order valence-corrected chi connectivity index (χ0v) is 12.6. The first-order valence-corrected chi connectivity index (χ1v) is 7.65. The Hall–Kier alpha value is -1.49. The second-order valence-electron chi connectivity index (χ2n) is 5.30. The number of carboxylic acid groups (broad SMARTS) is 1. The summed E-state index contributed by atoms with van der Waals surface area (Å²) in [6, 6.07) is 7.39. The van der Waals surface area contributed by atoms with Crippen LogP contribution in [0.25, 0.3) is 0 Å². The van der Waals surface area contributed by atoms with Crippen molar-refractivity contribution in [1.29, 1.82) is 0 Å². The minimum absolute atomic E-state index is 0.105. The molecule has 5 heteroatoms.